The van der Waals surface area contributed by atoms with Crippen molar-refractivity contribution >= 4 is 5.91 Å². The molecule has 144 valence electrons. The Morgan fingerprint density at radius 1 is 1.22 bits per heavy atom. The van der Waals surface area contributed by atoms with Gasteiger partial charge in [-0.05, 0) is 60.7 Å². The molecule has 1 heterocycles. The Morgan fingerprint density at radius 2 is 2.04 bits per heavy atom. The number of nitrogens with one attached hydrogen (secondary N) is 1. The summed E-state index contributed by atoms with van der Waals surface area (Å²) in [6.45, 7) is 6.00. The summed E-state index contributed by atoms with van der Waals surface area (Å²) in [6, 6.07) is 13.4. The van der Waals surface area contributed by atoms with E-state index < -0.39 is 0 Å². The standard InChI is InChI=1S/C22H28FN3O/c1-16-10-21(23)8-7-19(16)13-25-12-17-4-2-5-18(11-17)14-26-9-3-6-20(15-26)22(24)27/h2,4-5,7-8,10-11,20,25H,3,6,9,12-15H2,1H3,(H2,24,27)/t20-/m0/s1. The molecule has 0 aromatic heterocycles. The zero-order chi connectivity index (χ0) is 19.2. The number of rotatable bonds is 7. The van der Waals surface area contributed by atoms with Crippen molar-refractivity contribution in [2.75, 3.05) is 13.1 Å². The monoisotopic (exact) mass is 369 g/mol. The van der Waals surface area contributed by atoms with Gasteiger partial charge in [0.05, 0.1) is 5.92 Å². The summed E-state index contributed by atoms with van der Waals surface area (Å²) < 4.78 is 13.2. The van der Waals surface area contributed by atoms with Crippen LogP contribution in [0.2, 0.25) is 0 Å². The SMILES string of the molecule is Cc1cc(F)ccc1CNCc1cccc(CN2CCC[C@H](C(N)=O)C2)c1. The van der Waals surface area contributed by atoms with Crippen LogP contribution in [0.3, 0.4) is 0 Å². The number of carbonyl (C=O) groups is 1. The smallest absolute Gasteiger partial charge is 0.221 e. The third-order valence-corrected chi connectivity index (χ3v) is 5.25. The number of nitrogens with two attached hydrogens (primary N) is 1. The molecule has 1 aliphatic heterocycles. The minimum Gasteiger partial charge on any atom is -0.369 e. The van der Waals surface area contributed by atoms with Crippen LogP contribution in [0.5, 0.6) is 0 Å². The van der Waals surface area contributed by atoms with E-state index in [9.17, 15) is 9.18 Å². The van der Waals surface area contributed by atoms with Crippen LogP contribution >= 0.6 is 0 Å². The number of amides is 1. The molecule has 1 amide bonds. The first kappa shape index (κ1) is 19.5. The molecule has 2 aromatic carbocycles. The average molecular weight is 369 g/mol. The highest BCUT2D eigenvalue weighted by Gasteiger charge is 2.23. The Bertz CT molecular complexity index is 793. The summed E-state index contributed by atoms with van der Waals surface area (Å²) >= 11 is 0. The fourth-order valence-electron chi connectivity index (χ4n) is 3.73. The Hall–Kier alpha value is -2.24. The highest BCUT2D eigenvalue weighted by molar-refractivity contribution is 5.76. The molecule has 0 radical (unpaired) electrons. The molecule has 2 aromatic rings. The topological polar surface area (TPSA) is 58.4 Å². The number of piperidine rings is 1. The Morgan fingerprint density at radius 3 is 2.81 bits per heavy atom. The lowest BCUT2D eigenvalue weighted by Gasteiger charge is -2.31. The number of benzene rings is 2. The lowest BCUT2D eigenvalue weighted by atomic mass is 9.97. The molecule has 3 rings (SSSR count). The van der Waals surface area contributed by atoms with Crippen molar-refractivity contribution in [2.45, 2.75) is 39.4 Å². The second-order valence-electron chi connectivity index (χ2n) is 7.47. The number of primary amides is 1. The molecular formula is C22H28FN3O. The van der Waals surface area contributed by atoms with Crippen LogP contribution in [0, 0.1) is 18.7 Å². The van der Waals surface area contributed by atoms with Crippen LogP contribution in [-0.2, 0) is 24.4 Å². The molecule has 5 heteroatoms. The predicted molar refractivity (Wildman–Crippen MR) is 105 cm³/mol. The number of nitrogens with zero attached hydrogens (tertiary/aromatic N) is 1. The number of carbonyl (C=O) groups excluding carboxylic acids is 1. The Labute approximate surface area is 160 Å². The van der Waals surface area contributed by atoms with Crippen LogP contribution in [0.25, 0.3) is 0 Å². The molecule has 4 nitrogen and oxygen atoms in total. The van der Waals surface area contributed by atoms with Gasteiger partial charge in [-0.15, -0.1) is 0 Å². The summed E-state index contributed by atoms with van der Waals surface area (Å²) in [6.07, 6.45) is 1.92. The van der Waals surface area contributed by atoms with Gasteiger partial charge in [-0.25, -0.2) is 4.39 Å². The summed E-state index contributed by atoms with van der Waals surface area (Å²) in [5, 5.41) is 3.43. The Kier molecular flexibility index (Phi) is 6.58. The zero-order valence-electron chi connectivity index (χ0n) is 15.9. The van der Waals surface area contributed by atoms with E-state index in [0.29, 0.717) is 6.54 Å². The average Bonchev–Trinajstić information content (AvgIpc) is 2.64. The van der Waals surface area contributed by atoms with Crippen LogP contribution in [0.4, 0.5) is 4.39 Å². The first-order valence-corrected chi connectivity index (χ1v) is 9.56. The van der Waals surface area contributed by atoms with Crippen molar-refractivity contribution in [1.29, 1.82) is 0 Å². The molecule has 0 saturated carbocycles. The predicted octanol–water partition coefficient (Wildman–Crippen LogP) is 3.12. The van der Waals surface area contributed by atoms with Gasteiger partial charge in [0.25, 0.3) is 0 Å². The summed E-state index contributed by atoms with van der Waals surface area (Å²) in [5.41, 5.74) is 10.0. The van der Waals surface area contributed by atoms with E-state index in [2.05, 4.69) is 34.5 Å². The van der Waals surface area contributed by atoms with Crippen LogP contribution in [-0.4, -0.2) is 23.9 Å². The zero-order valence-corrected chi connectivity index (χ0v) is 15.9. The fourth-order valence-corrected chi connectivity index (χ4v) is 3.73. The van der Waals surface area contributed by atoms with Crippen molar-refractivity contribution in [3.05, 3.63) is 70.5 Å². The number of hydrogen-bond donors (Lipinski definition) is 2. The van der Waals surface area contributed by atoms with Gasteiger partial charge >= 0.3 is 0 Å². The molecule has 0 unspecified atom stereocenters. The van der Waals surface area contributed by atoms with Gasteiger partial charge in [0.1, 0.15) is 5.82 Å². The Balaban J connectivity index is 1.53. The summed E-state index contributed by atoms with van der Waals surface area (Å²) in [7, 11) is 0. The second-order valence-corrected chi connectivity index (χ2v) is 7.47. The van der Waals surface area contributed by atoms with Crippen molar-refractivity contribution in [2.24, 2.45) is 11.7 Å². The third kappa shape index (κ3) is 5.62. The molecule has 3 N–H and O–H groups in total. The fraction of sp³-hybridized carbons (Fsp3) is 0.409. The lowest BCUT2D eigenvalue weighted by molar-refractivity contribution is -0.123. The van der Waals surface area contributed by atoms with Crippen molar-refractivity contribution in [3.8, 4) is 0 Å². The summed E-state index contributed by atoms with van der Waals surface area (Å²) in [4.78, 5) is 13.8. The highest BCUT2D eigenvalue weighted by atomic mass is 19.1. The van der Waals surface area contributed by atoms with Gasteiger partial charge in [-0.3, -0.25) is 9.69 Å². The molecule has 0 aliphatic carbocycles. The van der Waals surface area contributed by atoms with Gasteiger partial charge in [0, 0.05) is 26.2 Å². The first-order valence-electron chi connectivity index (χ1n) is 9.56. The van der Waals surface area contributed by atoms with Crippen LogP contribution in [0.15, 0.2) is 42.5 Å². The first-order chi connectivity index (χ1) is 13.0. The van der Waals surface area contributed by atoms with E-state index in [-0.39, 0.29) is 17.6 Å². The van der Waals surface area contributed by atoms with E-state index in [4.69, 9.17) is 5.73 Å². The molecule has 27 heavy (non-hydrogen) atoms. The largest absolute Gasteiger partial charge is 0.369 e. The molecule has 1 aliphatic rings. The maximum Gasteiger partial charge on any atom is 0.221 e. The maximum absolute atomic E-state index is 13.2. The molecule has 0 bridgehead atoms. The number of hydrogen-bond acceptors (Lipinski definition) is 3. The quantitative estimate of drug-likeness (QED) is 0.788. The minimum atomic E-state index is -0.194. The molecule has 0 spiro atoms. The number of aryl methyl sites for hydroxylation is 1. The molecular weight excluding hydrogens is 341 g/mol. The van der Waals surface area contributed by atoms with E-state index in [1.54, 1.807) is 6.07 Å². The molecule has 1 fully saturated rings. The van der Waals surface area contributed by atoms with Gasteiger partial charge < -0.3 is 11.1 Å². The minimum absolute atomic E-state index is 0.0254. The van der Waals surface area contributed by atoms with E-state index in [1.165, 1.54) is 17.2 Å². The van der Waals surface area contributed by atoms with Gasteiger partial charge in [-0.2, -0.15) is 0 Å². The van der Waals surface area contributed by atoms with Gasteiger partial charge in [0.15, 0.2) is 0 Å². The van der Waals surface area contributed by atoms with E-state index in [0.717, 1.165) is 50.1 Å². The molecule has 1 atom stereocenters. The highest BCUT2D eigenvalue weighted by Crippen LogP contribution is 2.19. The molecule has 1 saturated heterocycles. The normalized spacial score (nSPS) is 17.8. The maximum atomic E-state index is 13.2. The number of halogens is 1. The van der Waals surface area contributed by atoms with E-state index >= 15 is 0 Å². The third-order valence-electron chi connectivity index (χ3n) is 5.25. The summed E-state index contributed by atoms with van der Waals surface area (Å²) in [5.74, 6) is -0.406. The van der Waals surface area contributed by atoms with Crippen molar-refractivity contribution < 1.29 is 9.18 Å². The van der Waals surface area contributed by atoms with Crippen molar-refractivity contribution in [3.63, 3.8) is 0 Å². The van der Waals surface area contributed by atoms with Gasteiger partial charge in [-0.1, -0.05) is 30.3 Å². The van der Waals surface area contributed by atoms with Crippen molar-refractivity contribution in [1.82, 2.24) is 10.2 Å². The van der Waals surface area contributed by atoms with Gasteiger partial charge in [0.2, 0.25) is 5.91 Å². The lowest BCUT2D eigenvalue weighted by Crippen LogP contribution is -2.40. The van der Waals surface area contributed by atoms with Crippen LogP contribution < -0.4 is 11.1 Å². The van der Waals surface area contributed by atoms with Crippen LogP contribution in [0.1, 0.15) is 35.1 Å². The number of likely N-dealkylation sites (tertiary alicyclic amines) is 1. The second kappa shape index (κ2) is 9.11. The van der Waals surface area contributed by atoms with E-state index in [1.807, 2.05) is 13.0 Å².